The van der Waals surface area contributed by atoms with Gasteiger partial charge < -0.3 is 5.11 Å². The number of phenolic OH excluding ortho intramolecular Hbond substituents is 1. The number of rotatable bonds is 2. The van der Waals surface area contributed by atoms with E-state index in [-0.39, 0.29) is 27.8 Å². The molecule has 2 rings (SSSR count). The molecule has 0 aliphatic carbocycles. The second kappa shape index (κ2) is 4.13. The molecule has 1 aromatic heterocycles. The summed E-state index contributed by atoms with van der Waals surface area (Å²) in [6, 6.07) is 8.10. The van der Waals surface area contributed by atoms with Crippen LogP contribution in [0.5, 0.6) is 5.75 Å². The van der Waals surface area contributed by atoms with E-state index in [4.69, 9.17) is 5.26 Å². The molecule has 0 spiro atoms. The number of aromatic hydroxyl groups is 1. The van der Waals surface area contributed by atoms with Crippen LogP contribution in [0.3, 0.4) is 0 Å². The molecule has 5 heteroatoms. The summed E-state index contributed by atoms with van der Waals surface area (Å²) < 4.78 is 0. The number of nitriles is 1. The number of ketones is 1. The van der Waals surface area contributed by atoms with Crippen molar-refractivity contribution in [3.63, 3.8) is 0 Å². The molecule has 0 fully saturated rings. The lowest BCUT2D eigenvalue weighted by atomic mass is 10.1. The van der Waals surface area contributed by atoms with Gasteiger partial charge in [0.25, 0.3) is 0 Å². The van der Waals surface area contributed by atoms with Gasteiger partial charge in [0.05, 0.1) is 5.56 Å². The fourth-order valence-electron chi connectivity index (χ4n) is 1.23. The summed E-state index contributed by atoms with van der Waals surface area (Å²) in [4.78, 5) is 15.7. The van der Waals surface area contributed by atoms with Crippen LogP contribution in [-0.4, -0.2) is 15.9 Å². The van der Waals surface area contributed by atoms with Gasteiger partial charge in [0.1, 0.15) is 17.5 Å². The first-order valence-electron chi connectivity index (χ1n) is 4.40. The fraction of sp³-hybridized carbons (Fsp3) is 0. The van der Waals surface area contributed by atoms with Crippen LogP contribution in [0.1, 0.15) is 21.1 Å². The van der Waals surface area contributed by atoms with E-state index in [9.17, 15) is 9.90 Å². The topological polar surface area (TPSA) is 74.0 Å². The van der Waals surface area contributed by atoms with E-state index in [0.29, 0.717) is 0 Å². The molecule has 1 aromatic carbocycles. The second-order valence-corrected chi connectivity index (χ2v) is 3.85. The molecule has 16 heavy (non-hydrogen) atoms. The molecule has 0 aliphatic heterocycles. The van der Waals surface area contributed by atoms with Crippen molar-refractivity contribution in [2.24, 2.45) is 0 Å². The molecule has 0 radical (unpaired) electrons. The molecule has 4 nitrogen and oxygen atoms in total. The number of thiazole rings is 1. The van der Waals surface area contributed by atoms with E-state index in [1.165, 1.54) is 17.5 Å². The molecule has 0 saturated carbocycles. The van der Waals surface area contributed by atoms with Gasteiger partial charge in [-0.05, 0) is 12.1 Å². The Morgan fingerprint density at radius 3 is 2.81 bits per heavy atom. The van der Waals surface area contributed by atoms with Crippen LogP contribution in [0, 0.1) is 11.3 Å². The van der Waals surface area contributed by atoms with Gasteiger partial charge in [0, 0.05) is 5.38 Å². The molecule has 1 heterocycles. The molecule has 0 unspecified atom stereocenters. The molecule has 1 N–H and O–H groups in total. The molecule has 2 aromatic rings. The standard InChI is InChI=1S/C11H6N2O2S/c12-5-10-13-8(6-16-10)11(15)7-3-1-2-4-9(7)14/h1-4,6,14H. The highest BCUT2D eigenvalue weighted by atomic mass is 32.1. The lowest BCUT2D eigenvalue weighted by Gasteiger charge is -1.99. The third-order valence-electron chi connectivity index (χ3n) is 1.98. The Hall–Kier alpha value is -2.19. The van der Waals surface area contributed by atoms with Gasteiger partial charge in [0.2, 0.25) is 5.78 Å². The Bertz CT molecular complexity index is 584. The summed E-state index contributed by atoms with van der Waals surface area (Å²) in [7, 11) is 0. The maximum absolute atomic E-state index is 11.9. The third kappa shape index (κ3) is 1.78. The zero-order valence-corrected chi connectivity index (χ0v) is 8.86. The fourth-order valence-corrected chi connectivity index (χ4v) is 1.82. The van der Waals surface area contributed by atoms with Crippen LogP contribution in [-0.2, 0) is 0 Å². The molecular formula is C11H6N2O2S. The summed E-state index contributed by atoms with van der Waals surface area (Å²) in [6.45, 7) is 0. The van der Waals surface area contributed by atoms with Gasteiger partial charge in [-0.2, -0.15) is 5.26 Å². The number of hydrogen-bond acceptors (Lipinski definition) is 5. The maximum atomic E-state index is 11.9. The largest absolute Gasteiger partial charge is 0.507 e. The van der Waals surface area contributed by atoms with Gasteiger partial charge >= 0.3 is 0 Å². The summed E-state index contributed by atoms with van der Waals surface area (Å²) in [5, 5.41) is 19.8. The van der Waals surface area contributed by atoms with Crippen molar-refractivity contribution in [2.75, 3.05) is 0 Å². The quantitative estimate of drug-likeness (QED) is 0.800. The summed E-state index contributed by atoms with van der Waals surface area (Å²) in [6.07, 6.45) is 0. The number of phenols is 1. The van der Waals surface area contributed by atoms with Crippen LogP contribution in [0.25, 0.3) is 0 Å². The number of carbonyl (C=O) groups excluding carboxylic acids is 1. The molecule has 0 bridgehead atoms. The zero-order chi connectivity index (χ0) is 11.5. The predicted molar refractivity (Wildman–Crippen MR) is 58.4 cm³/mol. The first kappa shape index (κ1) is 10.3. The van der Waals surface area contributed by atoms with Crippen LogP contribution in [0.2, 0.25) is 0 Å². The Morgan fingerprint density at radius 2 is 2.19 bits per heavy atom. The van der Waals surface area contributed by atoms with E-state index in [2.05, 4.69) is 4.98 Å². The van der Waals surface area contributed by atoms with Crippen molar-refractivity contribution in [3.8, 4) is 11.8 Å². The Labute approximate surface area is 95.4 Å². The van der Waals surface area contributed by atoms with E-state index in [1.807, 2.05) is 6.07 Å². The molecule has 0 aliphatic rings. The minimum absolute atomic E-state index is 0.0843. The highest BCUT2D eigenvalue weighted by molar-refractivity contribution is 7.10. The minimum atomic E-state index is -0.379. The van der Waals surface area contributed by atoms with Crippen molar-refractivity contribution < 1.29 is 9.90 Å². The van der Waals surface area contributed by atoms with E-state index >= 15 is 0 Å². The number of para-hydroxylation sites is 1. The third-order valence-corrected chi connectivity index (χ3v) is 2.73. The first-order chi connectivity index (χ1) is 7.72. The van der Waals surface area contributed by atoms with Gasteiger partial charge in [-0.15, -0.1) is 11.3 Å². The van der Waals surface area contributed by atoms with Crippen LogP contribution in [0.4, 0.5) is 0 Å². The lowest BCUT2D eigenvalue weighted by molar-refractivity contribution is 0.103. The highest BCUT2D eigenvalue weighted by Crippen LogP contribution is 2.20. The predicted octanol–water partition coefficient (Wildman–Crippen LogP) is 1.95. The normalized spacial score (nSPS) is 9.69. The Kier molecular flexibility index (Phi) is 2.66. The first-order valence-corrected chi connectivity index (χ1v) is 5.28. The molecule has 0 saturated heterocycles. The number of benzene rings is 1. The Morgan fingerprint density at radius 1 is 1.44 bits per heavy atom. The van der Waals surface area contributed by atoms with Crippen LogP contribution >= 0.6 is 11.3 Å². The van der Waals surface area contributed by atoms with Crippen molar-refractivity contribution in [1.82, 2.24) is 4.98 Å². The Balaban J connectivity index is 2.40. The minimum Gasteiger partial charge on any atom is -0.507 e. The maximum Gasteiger partial charge on any atom is 0.215 e. The van der Waals surface area contributed by atoms with Gasteiger partial charge in [-0.25, -0.2) is 4.98 Å². The van der Waals surface area contributed by atoms with E-state index < -0.39 is 0 Å². The molecular weight excluding hydrogens is 224 g/mol. The smallest absolute Gasteiger partial charge is 0.215 e. The van der Waals surface area contributed by atoms with E-state index in [0.717, 1.165) is 11.3 Å². The number of hydrogen-bond donors (Lipinski definition) is 1. The second-order valence-electron chi connectivity index (χ2n) is 3.00. The zero-order valence-electron chi connectivity index (χ0n) is 8.04. The average Bonchev–Trinajstić information content (AvgIpc) is 2.77. The van der Waals surface area contributed by atoms with Crippen molar-refractivity contribution in [2.45, 2.75) is 0 Å². The summed E-state index contributed by atoms with van der Waals surface area (Å²) in [5.41, 5.74) is 0.375. The van der Waals surface area contributed by atoms with E-state index in [1.54, 1.807) is 12.1 Å². The van der Waals surface area contributed by atoms with Crippen molar-refractivity contribution in [3.05, 3.63) is 45.9 Å². The number of carbonyl (C=O) groups is 1. The van der Waals surface area contributed by atoms with Gasteiger partial charge in [-0.3, -0.25) is 4.79 Å². The SMILES string of the molecule is N#Cc1nc(C(=O)c2ccccc2O)cs1. The average molecular weight is 230 g/mol. The summed E-state index contributed by atoms with van der Waals surface area (Å²) >= 11 is 1.10. The molecule has 0 amide bonds. The number of nitrogens with zero attached hydrogens (tertiary/aromatic N) is 2. The highest BCUT2D eigenvalue weighted by Gasteiger charge is 2.15. The lowest BCUT2D eigenvalue weighted by Crippen LogP contribution is -2.01. The van der Waals surface area contributed by atoms with Gasteiger partial charge in [-0.1, -0.05) is 12.1 Å². The molecule has 78 valence electrons. The molecule has 0 atom stereocenters. The van der Waals surface area contributed by atoms with Crippen LogP contribution < -0.4 is 0 Å². The monoisotopic (exact) mass is 230 g/mol. The van der Waals surface area contributed by atoms with Crippen molar-refractivity contribution in [1.29, 1.82) is 5.26 Å². The summed E-state index contributed by atoms with van der Waals surface area (Å²) in [5.74, 6) is -0.463. The van der Waals surface area contributed by atoms with Crippen molar-refractivity contribution >= 4 is 17.1 Å². The number of aromatic nitrogens is 1. The van der Waals surface area contributed by atoms with Crippen LogP contribution in [0.15, 0.2) is 29.6 Å². The van der Waals surface area contributed by atoms with Gasteiger partial charge in [0.15, 0.2) is 5.01 Å².